The van der Waals surface area contributed by atoms with Crippen LogP contribution in [0.3, 0.4) is 0 Å². The second-order valence-corrected chi connectivity index (χ2v) is 11.3. The molecule has 9 nitrogen and oxygen atoms in total. The Morgan fingerprint density at radius 3 is 2.65 bits per heavy atom. The molecule has 0 radical (unpaired) electrons. The molecule has 208 valence electrons. The molecule has 0 amide bonds. The first-order chi connectivity index (χ1) is 19.3. The van der Waals surface area contributed by atoms with Gasteiger partial charge in [0, 0.05) is 29.8 Å². The van der Waals surface area contributed by atoms with Gasteiger partial charge in [-0.1, -0.05) is 31.9 Å². The van der Waals surface area contributed by atoms with Gasteiger partial charge in [0.1, 0.15) is 17.8 Å². The van der Waals surface area contributed by atoms with Crippen molar-refractivity contribution in [2.75, 3.05) is 0 Å². The number of carbonyl (C=O) groups excluding carboxylic acids is 2. The first-order valence-electron chi connectivity index (χ1n) is 14.3. The van der Waals surface area contributed by atoms with Crippen molar-refractivity contribution < 1.29 is 18.7 Å². The molecule has 4 heterocycles. The van der Waals surface area contributed by atoms with Gasteiger partial charge in [-0.25, -0.2) is 14.5 Å². The zero-order valence-corrected chi connectivity index (χ0v) is 23.4. The van der Waals surface area contributed by atoms with Crippen molar-refractivity contribution in [1.82, 2.24) is 24.6 Å². The number of cyclic esters (lactones) is 1. The molecular formula is C31H35N5O4. The molecule has 0 bridgehead atoms. The number of ketones is 1. The zero-order chi connectivity index (χ0) is 27.9. The maximum Gasteiger partial charge on any atom is 0.317 e. The number of nitrogens with zero attached hydrogens (tertiary/aromatic N) is 5. The van der Waals surface area contributed by atoms with Crippen LogP contribution in [0, 0.1) is 25.7 Å². The van der Waals surface area contributed by atoms with Crippen LogP contribution in [0.1, 0.15) is 73.8 Å². The monoisotopic (exact) mass is 541 g/mol. The van der Waals surface area contributed by atoms with Gasteiger partial charge in [0.05, 0.1) is 6.20 Å². The molecule has 0 N–H and O–H groups in total. The first-order valence-corrected chi connectivity index (χ1v) is 14.3. The highest BCUT2D eigenvalue weighted by atomic mass is 16.6. The molecule has 1 saturated carbocycles. The van der Waals surface area contributed by atoms with Gasteiger partial charge in [-0.3, -0.25) is 9.59 Å². The summed E-state index contributed by atoms with van der Waals surface area (Å²) in [4.78, 5) is 40.3. The van der Waals surface area contributed by atoms with Crippen molar-refractivity contribution in [3.8, 4) is 11.5 Å². The molecule has 1 aliphatic carbocycles. The predicted molar refractivity (Wildman–Crippen MR) is 147 cm³/mol. The fourth-order valence-corrected chi connectivity index (χ4v) is 6.57. The highest BCUT2D eigenvalue weighted by molar-refractivity contribution is 6.01. The Morgan fingerprint density at radius 1 is 1.10 bits per heavy atom. The molecule has 4 aromatic rings. The number of aromatic nitrogens is 5. The Bertz CT molecular complexity index is 1530. The topological polar surface area (TPSA) is 112 Å². The molecule has 2 fully saturated rings. The fourth-order valence-electron chi connectivity index (χ4n) is 6.57. The maximum atomic E-state index is 13.6. The van der Waals surface area contributed by atoms with Gasteiger partial charge < -0.3 is 9.15 Å². The van der Waals surface area contributed by atoms with Gasteiger partial charge in [0.2, 0.25) is 5.89 Å². The first kappa shape index (κ1) is 26.3. The number of carbonyl (C=O) groups is 2. The summed E-state index contributed by atoms with van der Waals surface area (Å²) >= 11 is 0. The fraction of sp³-hybridized carbons (Fsp3) is 0.484. The molecule has 40 heavy (non-hydrogen) atoms. The van der Waals surface area contributed by atoms with E-state index in [0.717, 1.165) is 66.6 Å². The van der Waals surface area contributed by atoms with E-state index in [0.29, 0.717) is 23.9 Å². The molecule has 2 aliphatic rings. The van der Waals surface area contributed by atoms with Crippen LogP contribution in [0.5, 0.6) is 0 Å². The SMILES string of the molecule is CCc1cc(CCC2(C3CCCC3)CC(=O)C(Cc3nc4nc(C)cc(C)n4n3)C(=O)O2)ccc1-c1ncco1. The van der Waals surface area contributed by atoms with Crippen LogP contribution in [0.15, 0.2) is 41.1 Å². The second kappa shape index (κ2) is 10.6. The van der Waals surface area contributed by atoms with E-state index in [1.165, 1.54) is 0 Å². The number of benzene rings is 1. The third-order valence-electron chi connectivity index (χ3n) is 8.65. The molecule has 1 aromatic carbocycles. The molecule has 9 heteroatoms. The lowest BCUT2D eigenvalue weighted by Crippen LogP contribution is -2.52. The number of esters is 1. The van der Waals surface area contributed by atoms with Gasteiger partial charge in [-0.15, -0.1) is 5.10 Å². The van der Waals surface area contributed by atoms with Gasteiger partial charge >= 0.3 is 5.97 Å². The molecule has 2 atom stereocenters. The van der Waals surface area contributed by atoms with Crippen molar-refractivity contribution in [1.29, 1.82) is 0 Å². The number of aryl methyl sites for hydroxylation is 4. The van der Waals surface area contributed by atoms with Gasteiger partial charge in [-0.05, 0) is 75.1 Å². The summed E-state index contributed by atoms with van der Waals surface area (Å²) in [5, 5.41) is 4.52. The molecular weight excluding hydrogens is 506 g/mol. The largest absolute Gasteiger partial charge is 0.458 e. The Balaban J connectivity index is 1.21. The maximum absolute atomic E-state index is 13.6. The van der Waals surface area contributed by atoms with E-state index in [9.17, 15) is 9.59 Å². The lowest BCUT2D eigenvalue weighted by atomic mass is 9.73. The van der Waals surface area contributed by atoms with Crippen LogP contribution in [-0.4, -0.2) is 41.9 Å². The summed E-state index contributed by atoms with van der Waals surface area (Å²) in [6.45, 7) is 5.95. The summed E-state index contributed by atoms with van der Waals surface area (Å²) in [5.74, 6) is 0.312. The lowest BCUT2D eigenvalue weighted by Gasteiger charge is -2.43. The van der Waals surface area contributed by atoms with E-state index in [-0.39, 0.29) is 24.5 Å². The van der Waals surface area contributed by atoms with Crippen molar-refractivity contribution in [3.05, 3.63) is 65.1 Å². The van der Waals surface area contributed by atoms with Crippen LogP contribution >= 0.6 is 0 Å². The van der Waals surface area contributed by atoms with E-state index in [2.05, 4.69) is 45.2 Å². The lowest BCUT2D eigenvalue weighted by molar-refractivity contribution is -0.185. The smallest absolute Gasteiger partial charge is 0.317 e. The van der Waals surface area contributed by atoms with Crippen LogP contribution in [0.2, 0.25) is 0 Å². The summed E-state index contributed by atoms with van der Waals surface area (Å²) in [5.41, 5.74) is 4.28. The zero-order valence-electron chi connectivity index (χ0n) is 23.4. The summed E-state index contributed by atoms with van der Waals surface area (Å²) in [6.07, 6.45) is 9.96. The standard InChI is InChI=1S/C31H35N5O4/c1-4-22-16-21(9-10-24(22)28-32-13-14-39-28)11-12-31(23-7-5-6-8-23)18-26(37)25(29(38)40-31)17-27-34-30-33-19(2)15-20(3)36(30)35-27/h9-10,13-16,23,25H,4-8,11-12,17-18H2,1-3H3. The average molecular weight is 542 g/mol. The minimum absolute atomic E-state index is 0.0728. The quantitative estimate of drug-likeness (QED) is 0.221. The van der Waals surface area contributed by atoms with E-state index >= 15 is 0 Å². The van der Waals surface area contributed by atoms with Crippen LogP contribution in [0.4, 0.5) is 0 Å². The Morgan fingerprint density at radius 2 is 1.93 bits per heavy atom. The van der Waals surface area contributed by atoms with Gasteiger partial charge in [-0.2, -0.15) is 4.98 Å². The molecule has 3 aromatic heterocycles. The third kappa shape index (κ3) is 4.93. The van der Waals surface area contributed by atoms with Crippen LogP contribution < -0.4 is 0 Å². The van der Waals surface area contributed by atoms with Crippen molar-refractivity contribution in [2.45, 2.75) is 84.2 Å². The number of hydrogen-bond donors (Lipinski definition) is 0. The molecule has 1 saturated heterocycles. The Hall–Kier alpha value is -3.88. The number of fused-ring (bicyclic) bond motifs is 1. The van der Waals surface area contributed by atoms with Gasteiger partial charge in [0.15, 0.2) is 11.6 Å². The molecule has 6 rings (SSSR count). The number of oxazole rings is 1. The molecule has 0 spiro atoms. The average Bonchev–Trinajstić information content (AvgIpc) is 3.72. The highest BCUT2D eigenvalue weighted by Crippen LogP contribution is 2.45. The molecule has 1 aliphatic heterocycles. The van der Waals surface area contributed by atoms with E-state index < -0.39 is 17.5 Å². The summed E-state index contributed by atoms with van der Waals surface area (Å²) in [7, 11) is 0. The summed E-state index contributed by atoms with van der Waals surface area (Å²) < 4.78 is 13.5. The minimum Gasteiger partial charge on any atom is -0.458 e. The predicted octanol–water partition coefficient (Wildman–Crippen LogP) is 5.20. The van der Waals surface area contributed by atoms with Crippen molar-refractivity contribution in [2.24, 2.45) is 11.8 Å². The van der Waals surface area contributed by atoms with E-state index in [1.807, 2.05) is 19.9 Å². The van der Waals surface area contributed by atoms with Crippen molar-refractivity contribution in [3.63, 3.8) is 0 Å². The van der Waals surface area contributed by atoms with Gasteiger partial charge in [0.25, 0.3) is 5.78 Å². The number of rotatable bonds is 8. The molecule has 2 unspecified atom stereocenters. The number of Topliss-reactive ketones (excluding diaryl/α,β-unsaturated/α-hetero) is 1. The Labute approximate surface area is 233 Å². The number of ether oxygens (including phenoxy) is 1. The third-order valence-corrected chi connectivity index (χ3v) is 8.65. The van der Waals surface area contributed by atoms with E-state index in [1.54, 1.807) is 17.0 Å². The van der Waals surface area contributed by atoms with E-state index in [4.69, 9.17) is 9.15 Å². The number of hydrogen-bond acceptors (Lipinski definition) is 8. The van der Waals surface area contributed by atoms with Crippen LogP contribution in [0.25, 0.3) is 17.2 Å². The summed E-state index contributed by atoms with van der Waals surface area (Å²) in [6, 6.07) is 8.25. The minimum atomic E-state index is -0.889. The van der Waals surface area contributed by atoms with Crippen molar-refractivity contribution >= 4 is 17.5 Å². The Kier molecular flexibility index (Phi) is 6.98. The van der Waals surface area contributed by atoms with Crippen LogP contribution in [-0.2, 0) is 33.6 Å². The second-order valence-electron chi connectivity index (χ2n) is 11.3. The highest BCUT2D eigenvalue weighted by Gasteiger charge is 2.51. The normalized spacial score (nSPS) is 21.8.